The van der Waals surface area contributed by atoms with Crippen LogP contribution in [0.4, 0.5) is 17.1 Å². The second-order valence-corrected chi connectivity index (χ2v) is 13.3. The van der Waals surface area contributed by atoms with E-state index in [-0.39, 0.29) is 36.5 Å². The zero-order valence-electron chi connectivity index (χ0n) is 29.3. The van der Waals surface area contributed by atoms with E-state index in [1.54, 1.807) is 17.0 Å². The van der Waals surface area contributed by atoms with Crippen LogP contribution < -0.4 is 20.7 Å². The van der Waals surface area contributed by atoms with Crippen LogP contribution in [0.15, 0.2) is 66.7 Å². The highest BCUT2D eigenvalue weighted by Crippen LogP contribution is 2.29. The fourth-order valence-corrected chi connectivity index (χ4v) is 5.90. The number of carbonyl (C=O) groups excluding carboxylic acids is 2. The SMILES string of the molecule is C[C@@H]1CCCCO[C@@H](CN(C)Cc2ccc(C(=O)Nc3ccccc3N)cc2)[C@@H](C)CN([C@H](C)CO)C(=O)c2cc(N(C)C)ccc2O1. The molecule has 10 nitrogen and oxygen atoms in total. The maximum Gasteiger partial charge on any atom is 0.258 e. The smallest absolute Gasteiger partial charge is 0.258 e. The van der Waals surface area contributed by atoms with Crippen molar-refractivity contribution in [2.45, 2.75) is 64.8 Å². The number of rotatable bonds is 9. The fraction of sp³-hybridized carbons (Fsp3) is 0.474. The van der Waals surface area contributed by atoms with Crippen molar-refractivity contribution in [3.63, 3.8) is 0 Å². The molecule has 0 radical (unpaired) electrons. The number of ether oxygens (including phenoxy) is 2. The van der Waals surface area contributed by atoms with E-state index in [2.05, 4.69) is 24.2 Å². The van der Waals surface area contributed by atoms with Crippen molar-refractivity contribution in [3.8, 4) is 5.75 Å². The van der Waals surface area contributed by atoms with Gasteiger partial charge in [-0.25, -0.2) is 0 Å². The molecule has 1 aliphatic rings. The molecule has 0 aliphatic carbocycles. The average Bonchev–Trinajstić information content (AvgIpc) is 3.06. The number of benzene rings is 3. The Bertz CT molecular complexity index is 1500. The number of anilines is 3. The third-order valence-electron chi connectivity index (χ3n) is 8.92. The molecule has 10 heteroatoms. The number of para-hydroxylation sites is 2. The highest BCUT2D eigenvalue weighted by molar-refractivity contribution is 6.05. The van der Waals surface area contributed by atoms with Gasteiger partial charge >= 0.3 is 0 Å². The molecule has 0 fully saturated rings. The topological polar surface area (TPSA) is 121 Å². The number of nitrogen functional groups attached to an aromatic ring is 1. The number of nitrogens with one attached hydrogen (secondary N) is 1. The van der Waals surface area contributed by atoms with Crippen LogP contribution in [0.25, 0.3) is 0 Å². The molecule has 4 atom stereocenters. The number of carbonyl (C=O) groups is 2. The van der Waals surface area contributed by atoms with Gasteiger partial charge in [0, 0.05) is 57.5 Å². The largest absolute Gasteiger partial charge is 0.490 e. The number of nitrogens with two attached hydrogens (primary N) is 1. The third-order valence-corrected chi connectivity index (χ3v) is 8.92. The molecule has 3 aromatic rings. The van der Waals surface area contributed by atoms with Crippen molar-refractivity contribution >= 4 is 28.9 Å². The van der Waals surface area contributed by atoms with Crippen molar-refractivity contribution in [2.24, 2.45) is 5.92 Å². The number of hydrogen-bond acceptors (Lipinski definition) is 8. The van der Waals surface area contributed by atoms with Gasteiger partial charge in [0.2, 0.25) is 0 Å². The summed E-state index contributed by atoms with van der Waals surface area (Å²) in [6.45, 7) is 8.18. The normalized spacial score (nSPS) is 20.0. The van der Waals surface area contributed by atoms with Crippen LogP contribution in [-0.4, -0.2) is 92.4 Å². The van der Waals surface area contributed by atoms with Gasteiger partial charge in [-0.3, -0.25) is 14.5 Å². The summed E-state index contributed by atoms with van der Waals surface area (Å²) < 4.78 is 12.8. The van der Waals surface area contributed by atoms with E-state index in [4.69, 9.17) is 15.2 Å². The van der Waals surface area contributed by atoms with E-state index in [1.165, 1.54) is 0 Å². The standard InChI is InChI=1S/C38H53N5O5/c1-26-22-43(27(2)25-44)38(46)32-21-31(41(4)5)18-19-35(32)48-28(3)11-9-10-20-47-36(26)24-42(6)23-29-14-16-30(17-15-29)37(45)40-34-13-8-7-12-33(34)39/h7-8,12-19,21,26-28,36,44H,9-11,20,22-25,39H2,1-6H3,(H,40,45)/t26-,27+,28+,36-/m0/s1. The van der Waals surface area contributed by atoms with Gasteiger partial charge in [0.15, 0.2) is 0 Å². The molecular formula is C38H53N5O5. The van der Waals surface area contributed by atoms with Gasteiger partial charge in [-0.1, -0.05) is 31.2 Å². The van der Waals surface area contributed by atoms with E-state index in [0.29, 0.717) is 54.5 Å². The lowest BCUT2D eigenvalue weighted by molar-refractivity contribution is -0.0177. The highest BCUT2D eigenvalue weighted by atomic mass is 16.5. The van der Waals surface area contributed by atoms with Crippen LogP contribution in [0.3, 0.4) is 0 Å². The molecule has 2 amide bonds. The Hall–Kier alpha value is -4.12. The molecule has 0 spiro atoms. The summed E-state index contributed by atoms with van der Waals surface area (Å²) >= 11 is 0. The first-order valence-electron chi connectivity index (χ1n) is 16.9. The van der Waals surface area contributed by atoms with Crippen molar-refractivity contribution < 1.29 is 24.2 Å². The first-order chi connectivity index (χ1) is 23.0. The number of aliphatic hydroxyl groups is 1. The molecular weight excluding hydrogens is 606 g/mol. The van der Waals surface area contributed by atoms with Crippen LogP contribution in [0, 0.1) is 5.92 Å². The number of hydrogen-bond donors (Lipinski definition) is 3. The summed E-state index contributed by atoms with van der Waals surface area (Å²) in [5.74, 6) is 0.161. The second kappa shape index (κ2) is 17.3. The molecule has 3 aromatic carbocycles. The van der Waals surface area contributed by atoms with E-state index < -0.39 is 6.04 Å². The minimum absolute atomic E-state index is 0.0230. The summed E-state index contributed by atoms with van der Waals surface area (Å²) in [6, 6.07) is 20.1. The highest BCUT2D eigenvalue weighted by Gasteiger charge is 2.30. The van der Waals surface area contributed by atoms with E-state index in [0.717, 1.165) is 30.5 Å². The second-order valence-electron chi connectivity index (χ2n) is 13.3. The van der Waals surface area contributed by atoms with Gasteiger partial charge in [0.25, 0.3) is 11.8 Å². The lowest BCUT2D eigenvalue weighted by atomic mass is 10.0. The summed E-state index contributed by atoms with van der Waals surface area (Å²) in [5.41, 5.74) is 10.1. The van der Waals surface area contributed by atoms with Gasteiger partial charge in [-0.15, -0.1) is 0 Å². The maximum atomic E-state index is 14.2. The number of likely N-dealkylation sites (N-methyl/N-ethyl adjacent to an activating group) is 1. The predicted molar refractivity (Wildman–Crippen MR) is 193 cm³/mol. The molecule has 1 aliphatic heterocycles. The Morgan fingerprint density at radius 1 is 1.06 bits per heavy atom. The Kier molecular flexibility index (Phi) is 13.3. The molecule has 0 saturated heterocycles. The fourth-order valence-electron chi connectivity index (χ4n) is 5.90. The molecule has 0 bridgehead atoms. The van der Waals surface area contributed by atoms with Crippen LogP contribution in [0.2, 0.25) is 0 Å². The van der Waals surface area contributed by atoms with Crippen LogP contribution in [0.5, 0.6) is 5.75 Å². The molecule has 0 aromatic heterocycles. The van der Waals surface area contributed by atoms with Gasteiger partial charge in [-0.2, -0.15) is 0 Å². The molecule has 4 rings (SSSR count). The maximum absolute atomic E-state index is 14.2. The Morgan fingerprint density at radius 3 is 2.48 bits per heavy atom. The zero-order chi connectivity index (χ0) is 34.8. The minimum atomic E-state index is -0.395. The number of amides is 2. The summed E-state index contributed by atoms with van der Waals surface area (Å²) in [6.07, 6.45) is 2.48. The first-order valence-corrected chi connectivity index (χ1v) is 16.9. The Labute approximate surface area is 285 Å². The Balaban J connectivity index is 1.49. The molecule has 48 heavy (non-hydrogen) atoms. The summed E-state index contributed by atoms with van der Waals surface area (Å²) in [7, 11) is 5.94. The van der Waals surface area contributed by atoms with Crippen molar-refractivity contribution in [1.29, 1.82) is 0 Å². The van der Waals surface area contributed by atoms with Crippen molar-refractivity contribution in [3.05, 3.63) is 83.4 Å². The average molecular weight is 660 g/mol. The van der Waals surface area contributed by atoms with Crippen LogP contribution in [-0.2, 0) is 11.3 Å². The molecule has 0 saturated carbocycles. The number of fused-ring (bicyclic) bond motifs is 1. The summed E-state index contributed by atoms with van der Waals surface area (Å²) in [4.78, 5) is 33.0. The molecule has 260 valence electrons. The molecule has 1 heterocycles. The van der Waals surface area contributed by atoms with E-state index in [1.807, 2.05) is 87.4 Å². The van der Waals surface area contributed by atoms with Gasteiger partial charge in [-0.05, 0) is 88.2 Å². The van der Waals surface area contributed by atoms with Crippen molar-refractivity contribution in [1.82, 2.24) is 9.80 Å². The van der Waals surface area contributed by atoms with Crippen LogP contribution in [0.1, 0.15) is 66.3 Å². The monoisotopic (exact) mass is 659 g/mol. The van der Waals surface area contributed by atoms with E-state index >= 15 is 0 Å². The lowest BCUT2D eigenvalue weighted by Crippen LogP contribution is -2.47. The zero-order valence-corrected chi connectivity index (χ0v) is 29.3. The quantitative estimate of drug-likeness (QED) is 0.257. The van der Waals surface area contributed by atoms with E-state index in [9.17, 15) is 14.7 Å². The van der Waals surface area contributed by atoms with Crippen molar-refractivity contribution in [2.75, 3.05) is 63.4 Å². The number of aliphatic hydroxyl groups excluding tert-OH is 1. The minimum Gasteiger partial charge on any atom is -0.490 e. The van der Waals surface area contributed by atoms with Gasteiger partial charge < -0.3 is 35.4 Å². The number of nitrogens with zero attached hydrogens (tertiary/aromatic N) is 3. The first kappa shape index (κ1) is 36.7. The predicted octanol–water partition coefficient (Wildman–Crippen LogP) is 5.51. The van der Waals surface area contributed by atoms with Crippen LogP contribution >= 0.6 is 0 Å². The molecule has 0 unspecified atom stereocenters. The van der Waals surface area contributed by atoms with Gasteiger partial charge in [0.1, 0.15) is 5.75 Å². The molecule has 4 N–H and O–H groups in total. The Morgan fingerprint density at radius 2 is 1.79 bits per heavy atom. The van der Waals surface area contributed by atoms with Gasteiger partial charge in [0.05, 0.1) is 41.8 Å². The lowest BCUT2D eigenvalue weighted by Gasteiger charge is -2.36. The third kappa shape index (κ3) is 9.95. The summed E-state index contributed by atoms with van der Waals surface area (Å²) in [5, 5.41) is 13.1.